The Morgan fingerprint density at radius 1 is 1.05 bits per heavy atom. The van der Waals surface area contributed by atoms with Crippen LogP contribution in [-0.4, -0.2) is 110 Å². The summed E-state index contributed by atoms with van der Waals surface area (Å²) in [6.45, 7) is 11.4. The maximum absolute atomic E-state index is 14.2. The second-order valence-corrected chi connectivity index (χ2v) is 16.1. The van der Waals surface area contributed by atoms with E-state index in [-0.39, 0.29) is 54.4 Å². The largest absolute Gasteiger partial charge is 0.504 e. The van der Waals surface area contributed by atoms with Crippen LogP contribution in [0.1, 0.15) is 51.4 Å². The SMILES string of the molecule is Cc1ncsc1-c1ccc(C(C)NC(=O)[C@@H]2C[C@@H](O)CN2C(=O)C(NC(=O)CN2CCN(c3cc(-c4cccc(F)c4O)nnc3N)CC2)C(C)(C)C)cc1. The molecule has 0 aliphatic carbocycles. The molecule has 0 spiro atoms. The summed E-state index contributed by atoms with van der Waals surface area (Å²) in [7, 11) is 0. The van der Waals surface area contributed by atoms with Crippen LogP contribution >= 0.6 is 11.3 Å². The summed E-state index contributed by atoms with van der Waals surface area (Å²) in [6.07, 6.45) is -0.796. The Morgan fingerprint density at radius 2 is 1.76 bits per heavy atom. The van der Waals surface area contributed by atoms with Crippen LogP contribution in [0.4, 0.5) is 15.9 Å². The van der Waals surface area contributed by atoms with Gasteiger partial charge in [0.25, 0.3) is 0 Å². The third kappa shape index (κ3) is 8.87. The number of nitrogen functional groups attached to an aromatic ring is 1. The summed E-state index contributed by atoms with van der Waals surface area (Å²) < 4.78 is 14.0. The molecule has 292 valence electrons. The lowest BCUT2D eigenvalue weighted by atomic mass is 9.85. The highest BCUT2D eigenvalue weighted by Crippen LogP contribution is 2.34. The van der Waals surface area contributed by atoms with Crippen molar-refractivity contribution in [1.82, 2.24) is 35.6 Å². The lowest BCUT2D eigenvalue weighted by Gasteiger charge is -2.38. The number of nitrogens with zero attached hydrogens (tertiary/aromatic N) is 6. The van der Waals surface area contributed by atoms with Gasteiger partial charge in [-0.15, -0.1) is 21.5 Å². The molecule has 2 aliphatic rings. The maximum Gasteiger partial charge on any atom is 0.246 e. The zero-order chi connectivity index (χ0) is 39.6. The van der Waals surface area contributed by atoms with Gasteiger partial charge in [-0.2, -0.15) is 0 Å². The molecule has 2 saturated heterocycles. The van der Waals surface area contributed by atoms with Gasteiger partial charge in [0, 0.05) is 44.7 Å². The number of aromatic nitrogens is 3. The third-order valence-electron chi connectivity index (χ3n) is 10.2. The minimum Gasteiger partial charge on any atom is -0.504 e. The number of likely N-dealkylation sites (tertiary alicyclic amines) is 1. The van der Waals surface area contributed by atoms with Crippen molar-refractivity contribution in [2.75, 3.05) is 49.9 Å². The number of aryl methyl sites for hydroxylation is 1. The zero-order valence-electron chi connectivity index (χ0n) is 31.6. The monoisotopic (exact) mass is 773 g/mol. The number of nitrogens with two attached hydrogens (primary N) is 1. The highest BCUT2D eigenvalue weighted by atomic mass is 32.1. The second kappa shape index (κ2) is 16.3. The normalized spacial score (nSPS) is 18.9. The van der Waals surface area contributed by atoms with Crippen molar-refractivity contribution in [2.45, 2.75) is 65.3 Å². The summed E-state index contributed by atoms with van der Waals surface area (Å²) in [6, 6.07) is 11.5. The fourth-order valence-electron chi connectivity index (χ4n) is 7.07. The second-order valence-electron chi connectivity index (χ2n) is 15.3. The van der Waals surface area contributed by atoms with Crippen LogP contribution < -0.4 is 21.3 Å². The van der Waals surface area contributed by atoms with Crippen LogP contribution in [0.2, 0.25) is 0 Å². The molecule has 0 bridgehead atoms. The number of carbonyl (C=O) groups excluding carboxylic acids is 3. The van der Waals surface area contributed by atoms with Gasteiger partial charge in [0.2, 0.25) is 17.7 Å². The van der Waals surface area contributed by atoms with Gasteiger partial charge in [0.15, 0.2) is 17.4 Å². The van der Waals surface area contributed by atoms with Crippen LogP contribution in [0.15, 0.2) is 54.0 Å². The predicted molar refractivity (Wildman–Crippen MR) is 209 cm³/mol. The molecule has 55 heavy (non-hydrogen) atoms. The first-order chi connectivity index (χ1) is 26.1. The molecular weight excluding hydrogens is 726 g/mol. The number of aliphatic hydroxyl groups is 1. The van der Waals surface area contributed by atoms with Crippen molar-refractivity contribution in [3.8, 4) is 27.4 Å². The number of piperazine rings is 1. The van der Waals surface area contributed by atoms with Crippen molar-refractivity contribution in [2.24, 2.45) is 5.41 Å². The van der Waals surface area contributed by atoms with Gasteiger partial charge in [0.05, 0.1) is 46.2 Å². The van der Waals surface area contributed by atoms with E-state index >= 15 is 0 Å². The average Bonchev–Trinajstić information content (AvgIpc) is 3.77. The van der Waals surface area contributed by atoms with Crippen LogP contribution in [0, 0.1) is 18.2 Å². The number of anilines is 2. The molecular formula is C39H48FN9O5S. The standard InChI is InChI=1S/C39H48FN9O5S/c1-22(24-9-11-25(12-10-24)34-23(2)42-21-55-34)43-37(53)31-17-26(50)19-49(31)38(54)35(39(3,4)5)44-32(51)20-47-13-15-48(16-14-47)30-18-29(45-46-36(30)41)27-7-6-8-28(40)33(27)52/h6-12,18,21-22,26,31,35,50,52H,13-17,19-20H2,1-5H3,(H2,41,46)(H,43,53)(H,44,51)/t22?,26-,31+,35?/m1/s1. The molecule has 3 amide bonds. The number of halogens is 1. The number of phenols is 1. The lowest BCUT2D eigenvalue weighted by Crippen LogP contribution is -2.59. The molecule has 0 saturated carbocycles. The molecule has 2 aliphatic heterocycles. The molecule has 6 N–H and O–H groups in total. The number of aliphatic hydroxyl groups excluding tert-OH is 1. The first-order valence-corrected chi connectivity index (χ1v) is 19.2. The number of β-amino-alcohol motifs (C(OH)–C–C–N with tert-alkyl or cyclic N) is 1. The number of hydrogen-bond acceptors (Lipinski definition) is 12. The maximum atomic E-state index is 14.2. The molecule has 2 aromatic carbocycles. The van der Waals surface area contributed by atoms with Gasteiger partial charge in [-0.25, -0.2) is 9.37 Å². The minimum atomic E-state index is -0.956. The summed E-state index contributed by atoms with van der Waals surface area (Å²) >= 11 is 1.57. The van der Waals surface area contributed by atoms with Crippen molar-refractivity contribution in [3.05, 3.63) is 71.1 Å². The minimum absolute atomic E-state index is 0.0217. The van der Waals surface area contributed by atoms with Gasteiger partial charge in [-0.1, -0.05) is 51.1 Å². The van der Waals surface area contributed by atoms with E-state index in [1.165, 1.54) is 11.0 Å². The molecule has 0 radical (unpaired) electrons. The van der Waals surface area contributed by atoms with E-state index in [1.807, 2.05) is 74.2 Å². The Kier molecular flexibility index (Phi) is 11.7. The van der Waals surface area contributed by atoms with Crippen LogP contribution in [-0.2, 0) is 14.4 Å². The summed E-state index contributed by atoms with van der Waals surface area (Å²) in [5.74, 6) is -2.26. The molecule has 2 unspecified atom stereocenters. The van der Waals surface area contributed by atoms with E-state index in [0.29, 0.717) is 31.9 Å². The third-order valence-corrected chi connectivity index (χ3v) is 11.2. The van der Waals surface area contributed by atoms with Crippen LogP contribution in [0.25, 0.3) is 21.7 Å². The van der Waals surface area contributed by atoms with E-state index in [9.17, 15) is 29.0 Å². The summed E-state index contributed by atoms with van der Waals surface area (Å²) in [5.41, 5.74) is 11.2. The summed E-state index contributed by atoms with van der Waals surface area (Å²) in [5, 5.41) is 34.9. The Labute approximate surface area is 323 Å². The van der Waals surface area contributed by atoms with Crippen molar-refractivity contribution in [1.29, 1.82) is 0 Å². The number of rotatable bonds is 10. The fraction of sp³-hybridized carbons (Fsp3) is 0.436. The number of nitrogens with one attached hydrogen (secondary N) is 2. The average molecular weight is 774 g/mol. The van der Waals surface area contributed by atoms with E-state index in [0.717, 1.165) is 27.8 Å². The molecule has 6 rings (SSSR count). The Balaban J connectivity index is 1.06. The number of amides is 3. The molecule has 4 aromatic rings. The van der Waals surface area contributed by atoms with E-state index < -0.39 is 41.1 Å². The van der Waals surface area contributed by atoms with Crippen molar-refractivity contribution < 1.29 is 29.0 Å². The Hall–Kier alpha value is -5.19. The van der Waals surface area contributed by atoms with Gasteiger partial charge in [-0.05, 0) is 48.6 Å². The number of aromatic hydroxyl groups is 1. The van der Waals surface area contributed by atoms with Crippen molar-refractivity contribution in [3.63, 3.8) is 0 Å². The summed E-state index contributed by atoms with van der Waals surface area (Å²) in [4.78, 5) is 52.0. The predicted octanol–water partition coefficient (Wildman–Crippen LogP) is 3.49. The first-order valence-electron chi connectivity index (χ1n) is 18.3. The number of phenolic OH excluding ortho intramolecular Hbond substituents is 1. The number of carbonyl (C=O) groups is 3. The van der Waals surface area contributed by atoms with E-state index in [4.69, 9.17) is 5.73 Å². The van der Waals surface area contributed by atoms with Gasteiger partial charge in [-0.3, -0.25) is 19.3 Å². The quantitative estimate of drug-likeness (QED) is 0.159. The Morgan fingerprint density at radius 3 is 2.42 bits per heavy atom. The topological polar surface area (TPSA) is 190 Å². The molecule has 2 aromatic heterocycles. The van der Waals surface area contributed by atoms with Gasteiger partial charge in [0.1, 0.15) is 12.1 Å². The van der Waals surface area contributed by atoms with Crippen molar-refractivity contribution >= 4 is 40.6 Å². The highest BCUT2D eigenvalue weighted by molar-refractivity contribution is 7.13. The van der Waals surface area contributed by atoms with Crippen LogP contribution in [0.5, 0.6) is 5.75 Å². The van der Waals surface area contributed by atoms with Gasteiger partial charge >= 0.3 is 0 Å². The smallest absolute Gasteiger partial charge is 0.246 e. The first kappa shape index (κ1) is 39.5. The molecule has 2 fully saturated rings. The van der Waals surface area contributed by atoms with E-state index in [1.54, 1.807) is 23.5 Å². The number of thiazole rings is 1. The Bertz CT molecular complexity index is 2030. The highest BCUT2D eigenvalue weighted by Gasteiger charge is 2.45. The fourth-order valence-corrected chi connectivity index (χ4v) is 7.88. The molecule has 14 nitrogen and oxygen atoms in total. The van der Waals surface area contributed by atoms with E-state index in [2.05, 4.69) is 25.8 Å². The molecule has 4 atom stereocenters. The number of para-hydroxylation sites is 1. The number of hydrogen-bond donors (Lipinski definition) is 5. The van der Waals surface area contributed by atoms with Crippen LogP contribution in [0.3, 0.4) is 0 Å². The van der Waals surface area contributed by atoms with Gasteiger partial charge < -0.3 is 36.4 Å². The molecule has 16 heteroatoms. The molecule has 4 heterocycles. The number of benzene rings is 2. The lowest BCUT2D eigenvalue weighted by molar-refractivity contribution is -0.144. The zero-order valence-corrected chi connectivity index (χ0v) is 32.4.